The second kappa shape index (κ2) is 11.1. The van der Waals surface area contributed by atoms with E-state index in [1.807, 2.05) is 0 Å². The largest absolute Gasteiger partial charge is 0.461 e. The number of hydrogen-bond donors (Lipinski definition) is 1. The van der Waals surface area contributed by atoms with Crippen molar-refractivity contribution in [2.75, 3.05) is 56.9 Å². The minimum atomic E-state index is -3.77. The van der Waals surface area contributed by atoms with Gasteiger partial charge in [-0.3, -0.25) is 9.88 Å². The summed E-state index contributed by atoms with van der Waals surface area (Å²) >= 11 is 0. The first kappa shape index (κ1) is 28.5. The molecular weight excluding hydrogens is 647 g/mol. The van der Waals surface area contributed by atoms with Crippen molar-refractivity contribution in [1.29, 1.82) is 0 Å². The molecule has 49 heavy (non-hydrogen) atoms. The average Bonchev–Trinajstić information content (AvgIpc) is 3.96. The minimum absolute atomic E-state index is 0.0246. The van der Waals surface area contributed by atoms with Gasteiger partial charge in [0.25, 0.3) is 0 Å². The van der Waals surface area contributed by atoms with Gasteiger partial charge in [-0.1, -0.05) is 6.07 Å². The maximum Gasteiger partial charge on any atom is 0.319 e. The van der Waals surface area contributed by atoms with Crippen molar-refractivity contribution in [2.24, 2.45) is 11.3 Å². The number of nitrogen functional groups attached to an aromatic ring is 1. The van der Waals surface area contributed by atoms with Crippen LogP contribution in [0.1, 0.15) is 28.4 Å². The lowest BCUT2D eigenvalue weighted by atomic mass is 9.80. The highest BCUT2D eigenvalue weighted by Gasteiger charge is 2.67. The van der Waals surface area contributed by atoms with Crippen molar-refractivity contribution in [2.45, 2.75) is 43.4 Å². The van der Waals surface area contributed by atoms with Gasteiger partial charge < -0.3 is 24.8 Å². The van der Waals surface area contributed by atoms with Gasteiger partial charge in [-0.2, -0.15) is 9.97 Å². The number of alkyl halides is 2. The number of fused-ring (bicyclic) bond motifs is 5. The SMILES string of the molecule is [2H]C([2H])(F)Oc1c(F)ccc2cc(N)cc(-c3ncc4c(N5CCOC[C@H]6[C@H](F)[C@H]65)nc(OC[C@]56C/C(=C/F)CN5CCC65CC5)nc4c3F)c12. The zero-order chi connectivity index (χ0) is 35.4. The predicted molar refractivity (Wildman–Crippen MR) is 171 cm³/mol. The highest BCUT2D eigenvalue weighted by Crippen LogP contribution is 2.66. The van der Waals surface area contributed by atoms with E-state index in [0.717, 1.165) is 31.9 Å². The van der Waals surface area contributed by atoms with Crippen molar-refractivity contribution in [3.05, 3.63) is 54.0 Å². The Morgan fingerprint density at radius 2 is 2.00 bits per heavy atom. The van der Waals surface area contributed by atoms with E-state index in [1.165, 1.54) is 24.4 Å². The Morgan fingerprint density at radius 3 is 2.80 bits per heavy atom. The normalized spacial score (nSPS) is 28.8. The third-order valence-corrected chi connectivity index (χ3v) is 11.3. The van der Waals surface area contributed by atoms with Gasteiger partial charge in [0.05, 0.1) is 36.5 Å². The number of aromatic nitrogens is 3. The Morgan fingerprint density at radius 1 is 1.14 bits per heavy atom. The number of halogens is 5. The average molecular weight is 683 g/mol. The zero-order valence-corrected chi connectivity index (χ0v) is 26.2. The summed E-state index contributed by atoms with van der Waals surface area (Å²) < 4.78 is 107. The molecule has 5 fully saturated rings. The van der Waals surface area contributed by atoms with Crippen LogP contribution < -0.4 is 20.1 Å². The van der Waals surface area contributed by atoms with Crippen LogP contribution in [0.4, 0.5) is 33.5 Å². The molecule has 2 aromatic carbocycles. The predicted octanol–water partition coefficient (Wildman–Crippen LogP) is 6.04. The molecule has 2 saturated carbocycles. The van der Waals surface area contributed by atoms with Crippen molar-refractivity contribution in [1.82, 2.24) is 19.9 Å². The van der Waals surface area contributed by atoms with Crippen LogP contribution in [-0.2, 0) is 4.74 Å². The monoisotopic (exact) mass is 682 g/mol. The highest BCUT2D eigenvalue weighted by molar-refractivity contribution is 6.04. The van der Waals surface area contributed by atoms with Gasteiger partial charge in [0.2, 0.25) is 6.81 Å². The van der Waals surface area contributed by atoms with Crippen LogP contribution >= 0.6 is 0 Å². The summed E-state index contributed by atoms with van der Waals surface area (Å²) in [5.41, 5.74) is 5.78. The molecule has 0 unspecified atom stereocenters. The van der Waals surface area contributed by atoms with Crippen LogP contribution in [0.5, 0.6) is 11.8 Å². The van der Waals surface area contributed by atoms with Gasteiger partial charge in [0.1, 0.15) is 32.5 Å². The molecule has 4 aromatic rings. The Hall–Kier alpha value is -4.30. The summed E-state index contributed by atoms with van der Waals surface area (Å²) in [6.45, 7) is -1.58. The fraction of sp³-hybridized carbons (Fsp3) is 0.457. The Balaban J connectivity index is 1.20. The molecule has 256 valence electrons. The van der Waals surface area contributed by atoms with E-state index in [0.29, 0.717) is 24.9 Å². The van der Waals surface area contributed by atoms with E-state index in [9.17, 15) is 8.78 Å². The number of ether oxygens (including phenoxy) is 3. The summed E-state index contributed by atoms with van der Waals surface area (Å²) in [7, 11) is 0. The van der Waals surface area contributed by atoms with Crippen LogP contribution in [0.2, 0.25) is 0 Å². The third-order valence-electron chi connectivity index (χ3n) is 11.3. The van der Waals surface area contributed by atoms with Crippen molar-refractivity contribution in [3.63, 3.8) is 0 Å². The molecule has 1 spiro atoms. The first-order valence-corrected chi connectivity index (χ1v) is 16.3. The Labute approximate surface area is 280 Å². The summed E-state index contributed by atoms with van der Waals surface area (Å²) in [6.07, 6.45) is 4.21. The van der Waals surface area contributed by atoms with Crippen LogP contribution in [0.25, 0.3) is 32.9 Å². The molecule has 9 rings (SSSR count). The molecule has 14 heteroatoms. The van der Waals surface area contributed by atoms with Gasteiger partial charge in [0.15, 0.2) is 17.4 Å². The van der Waals surface area contributed by atoms with Crippen LogP contribution in [0.15, 0.2) is 42.4 Å². The molecule has 0 amide bonds. The van der Waals surface area contributed by atoms with Gasteiger partial charge in [-0.05, 0) is 66.8 Å². The number of pyridine rings is 1. The zero-order valence-electron chi connectivity index (χ0n) is 28.2. The lowest BCUT2D eigenvalue weighted by molar-refractivity contribution is 0.0649. The van der Waals surface area contributed by atoms with Crippen LogP contribution in [-0.4, -0.2) is 83.9 Å². The van der Waals surface area contributed by atoms with Gasteiger partial charge >= 0.3 is 6.01 Å². The van der Waals surface area contributed by atoms with E-state index in [1.54, 1.807) is 4.90 Å². The second-order valence-corrected chi connectivity index (χ2v) is 13.8. The molecule has 3 saturated heterocycles. The van der Waals surface area contributed by atoms with Gasteiger partial charge in [-0.25, -0.2) is 22.0 Å². The van der Waals surface area contributed by atoms with E-state index >= 15 is 13.2 Å². The van der Waals surface area contributed by atoms with E-state index in [2.05, 4.69) is 14.9 Å². The first-order chi connectivity index (χ1) is 24.4. The van der Waals surface area contributed by atoms with Gasteiger partial charge in [-0.15, -0.1) is 0 Å². The standard InChI is InChI=1S/C35H33F5N6O3/c36-12-18-11-35(34(3-4-34)5-6-45(35)14-18)16-48-33-43-29-22(32(44-33)46-7-8-47-15-23-26(39)30(23)46)13-42-28(27(29)40)21-10-20(41)9-19-1-2-24(38)31(25(19)21)49-17-37/h1-2,9-10,12-13,23,26,30H,3-8,11,14-17,41H2/b18-12-/t23-,26-,30-,35-/m0/s1/i17D2. The number of anilines is 2. The quantitative estimate of drug-likeness (QED) is 0.185. The number of nitrogens with two attached hydrogens (primary N) is 1. The molecule has 0 radical (unpaired) electrons. The Bertz CT molecular complexity index is 2130. The van der Waals surface area contributed by atoms with E-state index in [4.69, 9.17) is 27.7 Å². The highest BCUT2D eigenvalue weighted by atomic mass is 19.1. The molecule has 9 nitrogen and oxygen atoms in total. The van der Waals surface area contributed by atoms with Gasteiger partial charge in [0, 0.05) is 41.8 Å². The molecular formula is C35H33F5N6O3. The fourth-order valence-electron chi connectivity index (χ4n) is 8.69. The van der Waals surface area contributed by atoms with Crippen molar-refractivity contribution in [3.8, 4) is 23.0 Å². The molecule has 3 aliphatic heterocycles. The summed E-state index contributed by atoms with van der Waals surface area (Å²) in [4.78, 5) is 17.6. The maximum absolute atomic E-state index is 17.1. The molecule has 0 bridgehead atoms. The third kappa shape index (κ3) is 4.59. The first-order valence-electron chi connectivity index (χ1n) is 17.3. The van der Waals surface area contributed by atoms with Crippen molar-refractivity contribution >= 4 is 33.2 Å². The molecule has 5 heterocycles. The number of benzene rings is 2. The molecule has 4 atom stereocenters. The minimum Gasteiger partial charge on any atom is -0.461 e. The van der Waals surface area contributed by atoms with E-state index < -0.39 is 47.9 Å². The number of rotatable bonds is 7. The molecule has 2 aromatic heterocycles. The van der Waals surface area contributed by atoms with Crippen LogP contribution in [0.3, 0.4) is 0 Å². The fourth-order valence-corrected chi connectivity index (χ4v) is 8.69. The Kier molecular flexibility index (Phi) is 6.47. The summed E-state index contributed by atoms with van der Waals surface area (Å²) in [6, 6.07) is 4.27. The number of hydrogen-bond acceptors (Lipinski definition) is 9. The van der Waals surface area contributed by atoms with E-state index in [-0.39, 0.29) is 82.2 Å². The molecule has 5 aliphatic rings. The molecule has 2 aliphatic carbocycles. The second-order valence-electron chi connectivity index (χ2n) is 13.8. The summed E-state index contributed by atoms with van der Waals surface area (Å²) in [5.74, 6) is -3.07. The topological polar surface area (TPSA) is 98.9 Å². The lowest BCUT2D eigenvalue weighted by Gasteiger charge is -2.36. The van der Waals surface area contributed by atoms with Crippen LogP contribution in [0, 0.1) is 23.0 Å². The maximum atomic E-state index is 17.1. The molecule has 2 N–H and O–H groups in total. The number of nitrogens with zero attached hydrogens (tertiary/aromatic N) is 5. The lowest BCUT2D eigenvalue weighted by Crippen LogP contribution is -2.49. The smallest absolute Gasteiger partial charge is 0.319 e. The summed E-state index contributed by atoms with van der Waals surface area (Å²) in [5, 5.41) is 0.202. The van der Waals surface area contributed by atoms with Crippen molar-refractivity contribution < 1.29 is 38.9 Å².